The Morgan fingerprint density at radius 3 is 2.08 bits per heavy atom. The Bertz CT molecular complexity index is 1160. The number of pyridine rings is 1. The average Bonchev–Trinajstić information content (AvgIpc) is 3.00. The lowest BCUT2D eigenvalue weighted by Crippen LogP contribution is -2.48. The molecule has 1 aromatic carbocycles. The summed E-state index contributed by atoms with van der Waals surface area (Å²) in [5, 5.41) is 0. The van der Waals surface area contributed by atoms with Gasteiger partial charge in [-0.25, -0.2) is 0 Å². The molecule has 3 aliphatic heterocycles. The highest BCUT2D eigenvalue weighted by molar-refractivity contribution is 5.96. The van der Waals surface area contributed by atoms with Crippen LogP contribution in [-0.2, 0) is 0 Å². The Morgan fingerprint density at radius 1 is 0.769 bits per heavy atom. The number of aromatic nitrogens is 1. The summed E-state index contributed by atoms with van der Waals surface area (Å²) in [5.41, 5.74) is 3.15. The first-order chi connectivity index (χ1) is 19.0. The van der Waals surface area contributed by atoms with E-state index in [0.717, 1.165) is 55.7 Å². The lowest BCUT2D eigenvalue weighted by Gasteiger charge is -2.40. The van der Waals surface area contributed by atoms with E-state index in [4.69, 9.17) is 14.5 Å². The van der Waals surface area contributed by atoms with E-state index in [1.807, 2.05) is 28.9 Å². The number of aryl methyl sites for hydroxylation is 1. The molecule has 0 saturated carbocycles. The molecular weight excluding hydrogens is 492 g/mol. The van der Waals surface area contributed by atoms with Crippen LogP contribution in [0, 0.1) is 6.92 Å². The van der Waals surface area contributed by atoms with Gasteiger partial charge in [0.05, 0.1) is 25.5 Å². The van der Waals surface area contributed by atoms with Gasteiger partial charge in [0, 0.05) is 49.4 Å². The molecule has 3 aliphatic rings. The number of rotatable bonds is 6. The molecule has 4 heterocycles. The molecule has 0 N–H and O–H groups in total. The number of hydrogen-bond donors (Lipinski definition) is 0. The second-order valence-electron chi connectivity index (χ2n) is 11.1. The van der Waals surface area contributed by atoms with Crippen molar-refractivity contribution in [2.24, 2.45) is 0 Å². The number of carbonyl (C=O) groups excluding carboxylic acids is 2. The first-order valence-corrected chi connectivity index (χ1v) is 14.5. The number of ether oxygens (including phenoxy) is 2. The molecule has 0 unspecified atom stereocenters. The molecule has 0 spiro atoms. The number of benzene rings is 1. The van der Waals surface area contributed by atoms with Crippen molar-refractivity contribution < 1.29 is 19.1 Å². The van der Waals surface area contributed by atoms with E-state index in [-0.39, 0.29) is 17.7 Å². The summed E-state index contributed by atoms with van der Waals surface area (Å²) in [6.07, 6.45) is 7.63. The zero-order valence-electron chi connectivity index (χ0n) is 23.7. The fourth-order valence-electron chi connectivity index (χ4n) is 6.46. The van der Waals surface area contributed by atoms with E-state index in [9.17, 15) is 9.59 Å². The van der Waals surface area contributed by atoms with Crippen molar-refractivity contribution in [1.82, 2.24) is 19.7 Å². The second kappa shape index (κ2) is 12.4. The topological polar surface area (TPSA) is 75.2 Å². The van der Waals surface area contributed by atoms with Gasteiger partial charge in [0.25, 0.3) is 11.8 Å². The molecule has 0 atom stereocenters. The minimum Gasteiger partial charge on any atom is -0.493 e. The smallest absolute Gasteiger partial charge is 0.255 e. The van der Waals surface area contributed by atoms with Crippen molar-refractivity contribution in [3.8, 4) is 11.5 Å². The summed E-state index contributed by atoms with van der Waals surface area (Å²) in [5.74, 6) is 1.40. The third-order valence-corrected chi connectivity index (χ3v) is 8.75. The van der Waals surface area contributed by atoms with Crippen LogP contribution in [0.1, 0.15) is 83.0 Å². The summed E-state index contributed by atoms with van der Waals surface area (Å²) < 4.78 is 10.7. The number of piperidine rings is 3. The highest BCUT2D eigenvalue weighted by atomic mass is 16.5. The van der Waals surface area contributed by atoms with Crippen molar-refractivity contribution >= 4 is 11.8 Å². The fraction of sp³-hybridized carbons (Fsp3) is 0.581. The van der Waals surface area contributed by atoms with Gasteiger partial charge >= 0.3 is 0 Å². The SMILES string of the molecule is COc1ccc(C(=O)N2CCC(c3nc(C)ccc3C(=O)N3CCC(N4CCCCC4)CC3)CC2)cc1OC. The highest BCUT2D eigenvalue weighted by Crippen LogP contribution is 2.33. The molecule has 8 nitrogen and oxygen atoms in total. The average molecular weight is 535 g/mol. The monoisotopic (exact) mass is 534 g/mol. The fourth-order valence-corrected chi connectivity index (χ4v) is 6.46. The first-order valence-electron chi connectivity index (χ1n) is 14.5. The standard InChI is InChI=1S/C31H42N4O4/c1-22-7-9-26(31(37)35-19-13-25(14-20-35)33-15-5-4-6-16-33)29(32-22)23-11-17-34(18-12-23)30(36)24-8-10-27(38-2)28(21-24)39-3/h7-10,21,23,25H,4-6,11-20H2,1-3H3. The van der Waals surface area contributed by atoms with Crippen LogP contribution in [0.3, 0.4) is 0 Å². The molecule has 8 heteroatoms. The number of likely N-dealkylation sites (tertiary alicyclic amines) is 3. The van der Waals surface area contributed by atoms with E-state index >= 15 is 0 Å². The van der Waals surface area contributed by atoms with Crippen LogP contribution < -0.4 is 9.47 Å². The maximum Gasteiger partial charge on any atom is 0.255 e. The van der Waals surface area contributed by atoms with Gasteiger partial charge in [-0.15, -0.1) is 0 Å². The van der Waals surface area contributed by atoms with Crippen molar-refractivity contribution in [1.29, 1.82) is 0 Å². The Balaban J connectivity index is 1.23. The summed E-state index contributed by atoms with van der Waals surface area (Å²) >= 11 is 0. The van der Waals surface area contributed by atoms with Gasteiger partial charge in [0.1, 0.15) is 0 Å². The quantitative estimate of drug-likeness (QED) is 0.543. The van der Waals surface area contributed by atoms with Gasteiger partial charge in [-0.1, -0.05) is 6.42 Å². The minimum absolute atomic E-state index is 0.0144. The van der Waals surface area contributed by atoms with Crippen molar-refractivity contribution in [2.75, 3.05) is 53.5 Å². The Labute approximate surface area is 232 Å². The Morgan fingerprint density at radius 2 is 1.41 bits per heavy atom. The molecule has 0 bridgehead atoms. The Kier molecular flexibility index (Phi) is 8.70. The molecule has 3 fully saturated rings. The Hall–Kier alpha value is -3.13. The first kappa shape index (κ1) is 27.4. The van der Waals surface area contributed by atoms with Gasteiger partial charge in [0.15, 0.2) is 11.5 Å². The van der Waals surface area contributed by atoms with Crippen LogP contribution in [0.2, 0.25) is 0 Å². The number of methoxy groups -OCH3 is 2. The molecule has 1 aromatic heterocycles. The van der Waals surface area contributed by atoms with Crippen molar-refractivity contribution in [2.45, 2.75) is 63.8 Å². The predicted octanol–water partition coefficient (Wildman–Crippen LogP) is 4.52. The summed E-state index contributed by atoms with van der Waals surface area (Å²) in [4.78, 5) is 38.4. The summed E-state index contributed by atoms with van der Waals surface area (Å²) in [6.45, 7) is 7.27. The van der Waals surface area contributed by atoms with Gasteiger partial charge < -0.3 is 24.2 Å². The van der Waals surface area contributed by atoms with E-state index in [0.29, 0.717) is 36.2 Å². The van der Waals surface area contributed by atoms with Gasteiger partial charge in [-0.3, -0.25) is 14.6 Å². The van der Waals surface area contributed by atoms with Gasteiger partial charge in [-0.2, -0.15) is 0 Å². The van der Waals surface area contributed by atoms with Crippen LogP contribution in [-0.4, -0.2) is 91.0 Å². The molecule has 3 saturated heterocycles. The van der Waals surface area contributed by atoms with Crippen molar-refractivity contribution in [3.05, 3.63) is 52.8 Å². The third-order valence-electron chi connectivity index (χ3n) is 8.75. The van der Waals surface area contributed by atoms with Crippen LogP contribution >= 0.6 is 0 Å². The number of hydrogen-bond acceptors (Lipinski definition) is 6. The summed E-state index contributed by atoms with van der Waals surface area (Å²) in [7, 11) is 3.16. The van der Waals surface area contributed by atoms with E-state index < -0.39 is 0 Å². The second-order valence-corrected chi connectivity index (χ2v) is 11.1. The zero-order valence-corrected chi connectivity index (χ0v) is 23.7. The number of amides is 2. The number of carbonyl (C=O) groups is 2. The predicted molar refractivity (Wildman–Crippen MR) is 151 cm³/mol. The van der Waals surface area contributed by atoms with E-state index in [2.05, 4.69) is 4.90 Å². The molecule has 39 heavy (non-hydrogen) atoms. The van der Waals surface area contributed by atoms with Gasteiger partial charge in [-0.05, 0) is 88.9 Å². The molecule has 0 aliphatic carbocycles. The van der Waals surface area contributed by atoms with Crippen LogP contribution in [0.15, 0.2) is 30.3 Å². The van der Waals surface area contributed by atoms with Gasteiger partial charge in [0.2, 0.25) is 0 Å². The van der Waals surface area contributed by atoms with E-state index in [1.54, 1.807) is 32.4 Å². The molecular formula is C31H42N4O4. The van der Waals surface area contributed by atoms with E-state index in [1.165, 1.54) is 32.4 Å². The summed E-state index contributed by atoms with van der Waals surface area (Å²) in [6, 6.07) is 9.81. The van der Waals surface area contributed by atoms with Crippen LogP contribution in [0.5, 0.6) is 11.5 Å². The maximum atomic E-state index is 13.7. The molecule has 2 amide bonds. The zero-order chi connectivity index (χ0) is 27.4. The van der Waals surface area contributed by atoms with Crippen molar-refractivity contribution in [3.63, 3.8) is 0 Å². The van der Waals surface area contributed by atoms with Crippen LogP contribution in [0.25, 0.3) is 0 Å². The molecule has 5 rings (SSSR count). The normalized spacial score (nSPS) is 19.7. The highest BCUT2D eigenvalue weighted by Gasteiger charge is 2.32. The third kappa shape index (κ3) is 6.06. The molecule has 210 valence electrons. The molecule has 2 aromatic rings. The molecule has 0 radical (unpaired) electrons. The van der Waals surface area contributed by atoms with Crippen LogP contribution in [0.4, 0.5) is 0 Å². The largest absolute Gasteiger partial charge is 0.493 e. The maximum absolute atomic E-state index is 13.7. The number of nitrogens with zero attached hydrogens (tertiary/aromatic N) is 4. The lowest BCUT2D eigenvalue weighted by atomic mass is 9.89. The minimum atomic E-state index is -0.0144. The lowest BCUT2D eigenvalue weighted by molar-refractivity contribution is 0.0585.